The first-order valence-electron chi connectivity index (χ1n) is 7.83. The van der Waals surface area contributed by atoms with Gasteiger partial charge in [0.25, 0.3) is 11.8 Å². The highest BCUT2D eigenvalue weighted by atomic mass is 16.2. The molecule has 2 aromatic carbocycles. The van der Waals surface area contributed by atoms with E-state index in [9.17, 15) is 9.59 Å². The number of nitrogens with zero attached hydrogens (tertiary/aromatic N) is 1. The van der Waals surface area contributed by atoms with Crippen molar-refractivity contribution in [3.8, 4) is 0 Å². The molecule has 1 heterocycles. The van der Waals surface area contributed by atoms with E-state index in [4.69, 9.17) is 0 Å². The van der Waals surface area contributed by atoms with Crippen LogP contribution in [-0.2, 0) is 0 Å². The number of anilines is 2. The van der Waals surface area contributed by atoms with E-state index in [1.54, 1.807) is 18.2 Å². The van der Waals surface area contributed by atoms with Crippen molar-refractivity contribution >= 4 is 23.2 Å². The summed E-state index contributed by atoms with van der Waals surface area (Å²) >= 11 is 0. The fourth-order valence-electron chi connectivity index (χ4n) is 2.36. The van der Waals surface area contributed by atoms with Crippen molar-refractivity contribution in [2.45, 2.75) is 13.8 Å². The van der Waals surface area contributed by atoms with E-state index in [2.05, 4.69) is 20.6 Å². The van der Waals surface area contributed by atoms with E-state index in [1.807, 2.05) is 44.2 Å². The number of rotatable bonds is 4. The monoisotopic (exact) mass is 334 g/mol. The SMILES string of the molecule is Cc1ccc(NC(=O)c2nc[nH]c2C(=O)Nc2ccccc2C)cc1. The van der Waals surface area contributed by atoms with Gasteiger partial charge < -0.3 is 15.6 Å². The Kier molecular flexibility index (Phi) is 4.61. The molecule has 0 radical (unpaired) electrons. The molecule has 0 bridgehead atoms. The second kappa shape index (κ2) is 7.00. The van der Waals surface area contributed by atoms with Gasteiger partial charge in [-0.2, -0.15) is 0 Å². The van der Waals surface area contributed by atoms with Crippen molar-refractivity contribution in [1.82, 2.24) is 9.97 Å². The molecule has 0 unspecified atom stereocenters. The number of H-pyrrole nitrogens is 1. The van der Waals surface area contributed by atoms with Crippen molar-refractivity contribution in [1.29, 1.82) is 0 Å². The highest BCUT2D eigenvalue weighted by molar-refractivity contribution is 6.13. The van der Waals surface area contributed by atoms with E-state index in [0.29, 0.717) is 11.4 Å². The van der Waals surface area contributed by atoms with Crippen molar-refractivity contribution in [2.75, 3.05) is 10.6 Å². The van der Waals surface area contributed by atoms with Crippen LogP contribution in [0.15, 0.2) is 54.9 Å². The van der Waals surface area contributed by atoms with E-state index < -0.39 is 11.8 Å². The Morgan fingerprint density at radius 3 is 2.36 bits per heavy atom. The lowest BCUT2D eigenvalue weighted by Crippen LogP contribution is -2.20. The van der Waals surface area contributed by atoms with Gasteiger partial charge in [-0.25, -0.2) is 4.98 Å². The van der Waals surface area contributed by atoms with Crippen LogP contribution >= 0.6 is 0 Å². The second-order valence-corrected chi connectivity index (χ2v) is 5.72. The van der Waals surface area contributed by atoms with Gasteiger partial charge in [0.2, 0.25) is 0 Å². The maximum absolute atomic E-state index is 12.5. The number of hydrogen-bond donors (Lipinski definition) is 3. The van der Waals surface area contributed by atoms with Crippen molar-refractivity contribution in [3.05, 3.63) is 77.4 Å². The highest BCUT2D eigenvalue weighted by Gasteiger charge is 2.21. The number of nitrogens with one attached hydrogen (secondary N) is 3. The first-order valence-corrected chi connectivity index (χ1v) is 7.83. The summed E-state index contributed by atoms with van der Waals surface area (Å²) in [6.45, 7) is 3.86. The maximum Gasteiger partial charge on any atom is 0.276 e. The topological polar surface area (TPSA) is 86.9 Å². The Morgan fingerprint density at radius 1 is 0.920 bits per heavy atom. The zero-order valence-corrected chi connectivity index (χ0v) is 14.0. The number of aromatic nitrogens is 2. The van der Waals surface area contributed by atoms with Crippen LogP contribution in [0.25, 0.3) is 0 Å². The Balaban J connectivity index is 1.77. The molecular weight excluding hydrogens is 316 g/mol. The average Bonchev–Trinajstić information content (AvgIpc) is 3.09. The summed E-state index contributed by atoms with van der Waals surface area (Å²) in [5.41, 5.74) is 3.52. The quantitative estimate of drug-likeness (QED) is 0.682. The predicted octanol–water partition coefficient (Wildman–Crippen LogP) is 3.53. The third-order valence-electron chi connectivity index (χ3n) is 3.78. The minimum Gasteiger partial charge on any atom is -0.340 e. The molecule has 3 aromatic rings. The Hall–Kier alpha value is -3.41. The maximum atomic E-state index is 12.5. The first kappa shape index (κ1) is 16.4. The molecule has 25 heavy (non-hydrogen) atoms. The largest absolute Gasteiger partial charge is 0.340 e. The lowest BCUT2D eigenvalue weighted by Gasteiger charge is -2.08. The lowest BCUT2D eigenvalue weighted by atomic mass is 10.2. The number of imidazole rings is 1. The molecule has 0 fully saturated rings. The number of hydrogen-bond acceptors (Lipinski definition) is 3. The Labute approximate surface area is 145 Å². The van der Waals surface area contributed by atoms with Crippen LogP contribution in [0.5, 0.6) is 0 Å². The third-order valence-corrected chi connectivity index (χ3v) is 3.78. The van der Waals surface area contributed by atoms with Gasteiger partial charge in [-0.05, 0) is 37.6 Å². The van der Waals surface area contributed by atoms with Crippen LogP contribution in [0.4, 0.5) is 11.4 Å². The summed E-state index contributed by atoms with van der Waals surface area (Å²) in [6, 6.07) is 14.8. The zero-order chi connectivity index (χ0) is 17.8. The summed E-state index contributed by atoms with van der Waals surface area (Å²) in [4.78, 5) is 31.6. The number of aryl methyl sites for hydroxylation is 2. The van der Waals surface area contributed by atoms with E-state index in [1.165, 1.54) is 6.33 Å². The normalized spacial score (nSPS) is 10.3. The van der Waals surface area contributed by atoms with Gasteiger partial charge in [0.05, 0.1) is 6.33 Å². The molecular formula is C19H18N4O2. The predicted molar refractivity (Wildman–Crippen MR) is 96.9 cm³/mol. The van der Waals surface area contributed by atoms with Gasteiger partial charge >= 0.3 is 0 Å². The number of benzene rings is 2. The smallest absolute Gasteiger partial charge is 0.276 e. The molecule has 0 aliphatic carbocycles. The van der Waals surface area contributed by atoms with Crippen molar-refractivity contribution in [3.63, 3.8) is 0 Å². The molecule has 1 aromatic heterocycles. The molecule has 3 N–H and O–H groups in total. The van der Waals surface area contributed by atoms with Crippen LogP contribution in [0.1, 0.15) is 32.1 Å². The molecule has 0 saturated carbocycles. The third kappa shape index (κ3) is 3.74. The molecule has 2 amide bonds. The van der Waals surface area contributed by atoms with E-state index >= 15 is 0 Å². The van der Waals surface area contributed by atoms with Gasteiger partial charge in [-0.15, -0.1) is 0 Å². The van der Waals surface area contributed by atoms with Crippen LogP contribution < -0.4 is 10.6 Å². The van der Waals surface area contributed by atoms with Crippen LogP contribution in [0, 0.1) is 13.8 Å². The molecule has 126 valence electrons. The number of aromatic amines is 1. The van der Waals surface area contributed by atoms with Gasteiger partial charge in [-0.3, -0.25) is 9.59 Å². The Morgan fingerprint density at radius 2 is 1.64 bits per heavy atom. The highest BCUT2D eigenvalue weighted by Crippen LogP contribution is 2.16. The van der Waals surface area contributed by atoms with Crippen LogP contribution in [0.3, 0.4) is 0 Å². The second-order valence-electron chi connectivity index (χ2n) is 5.72. The molecule has 0 atom stereocenters. The molecule has 0 aliphatic rings. The molecule has 3 rings (SSSR count). The Bertz CT molecular complexity index is 913. The number of carbonyl (C=O) groups excluding carboxylic acids is 2. The van der Waals surface area contributed by atoms with Crippen molar-refractivity contribution < 1.29 is 9.59 Å². The molecule has 0 saturated heterocycles. The zero-order valence-electron chi connectivity index (χ0n) is 14.0. The van der Waals surface area contributed by atoms with Crippen LogP contribution in [-0.4, -0.2) is 21.8 Å². The minimum absolute atomic E-state index is 0.0478. The standard InChI is InChI=1S/C19H18N4O2/c1-12-7-9-14(10-8-12)22-18(24)16-17(21-11-20-16)19(25)23-15-6-4-3-5-13(15)2/h3-11H,1-2H3,(H,20,21)(H,22,24)(H,23,25). The molecule has 0 spiro atoms. The van der Waals surface area contributed by atoms with Gasteiger partial charge in [0, 0.05) is 11.4 Å². The van der Waals surface area contributed by atoms with E-state index in [0.717, 1.165) is 11.1 Å². The van der Waals surface area contributed by atoms with Crippen molar-refractivity contribution in [2.24, 2.45) is 0 Å². The van der Waals surface area contributed by atoms with Gasteiger partial charge in [0.1, 0.15) is 5.69 Å². The summed E-state index contributed by atoms with van der Waals surface area (Å²) in [5, 5.41) is 5.53. The number of amides is 2. The van der Waals surface area contributed by atoms with Crippen LogP contribution in [0.2, 0.25) is 0 Å². The first-order chi connectivity index (χ1) is 12.0. The number of carbonyl (C=O) groups is 2. The lowest BCUT2D eigenvalue weighted by molar-refractivity contribution is 0.0985. The summed E-state index contributed by atoms with van der Waals surface area (Å²) in [7, 11) is 0. The van der Waals surface area contributed by atoms with Gasteiger partial charge in [0.15, 0.2) is 5.69 Å². The summed E-state index contributed by atoms with van der Waals surface area (Å²) in [6.07, 6.45) is 1.33. The molecule has 6 nitrogen and oxygen atoms in total. The van der Waals surface area contributed by atoms with Gasteiger partial charge in [-0.1, -0.05) is 35.9 Å². The molecule has 0 aliphatic heterocycles. The van der Waals surface area contributed by atoms with E-state index in [-0.39, 0.29) is 11.4 Å². The fraction of sp³-hybridized carbons (Fsp3) is 0.105. The average molecular weight is 334 g/mol. The number of para-hydroxylation sites is 1. The summed E-state index contributed by atoms with van der Waals surface area (Å²) < 4.78 is 0. The fourth-order valence-corrected chi connectivity index (χ4v) is 2.36. The molecule has 6 heteroatoms. The summed E-state index contributed by atoms with van der Waals surface area (Å²) in [5.74, 6) is -0.860. The minimum atomic E-state index is -0.444.